The van der Waals surface area contributed by atoms with Crippen LogP contribution in [0.25, 0.3) is 0 Å². The largest absolute Gasteiger partial charge is 0.440 e. The molecule has 0 bridgehead atoms. The summed E-state index contributed by atoms with van der Waals surface area (Å²) in [5.74, 6) is 0.0380. The average molecular weight is 271 g/mol. The molecule has 0 saturated heterocycles. The SMILES string of the molecule is CCN(C1CCCC1)S(=O)(=O)c1ccc(C=O)o1. The van der Waals surface area contributed by atoms with Crippen molar-refractivity contribution < 1.29 is 17.6 Å². The van der Waals surface area contributed by atoms with Crippen LogP contribution in [0, 0.1) is 0 Å². The maximum absolute atomic E-state index is 12.4. The van der Waals surface area contributed by atoms with Gasteiger partial charge in [0.1, 0.15) is 0 Å². The molecule has 6 heteroatoms. The molecule has 0 radical (unpaired) electrons. The summed E-state index contributed by atoms with van der Waals surface area (Å²) in [7, 11) is -3.62. The summed E-state index contributed by atoms with van der Waals surface area (Å²) in [6, 6.07) is 2.78. The number of hydrogen-bond donors (Lipinski definition) is 0. The first-order valence-corrected chi connectivity index (χ1v) is 7.60. The molecule has 0 aromatic carbocycles. The fourth-order valence-corrected chi connectivity index (χ4v) is 4.08. The average Bonchev–Trinajstić information content (AvgIpc) is 3.00. The summed E-state index contributed by atoms with van der Waals surface area (Å²) in [6.45, 7) is 2.24. The van der Waals surface area contributed by atoms with Gasteiger partial charge in [0, 0.05) is 12.6 Å². The van der Waals surface area contributed by atoms with E-state index in [2.05, 4.69) is 0 Å². The van der Waals surface area contributed by atoms with Gasteiger partial charge in [-0.2, -0.15) is 4.31 Å². The van der Waals surface area contributed by atoms with Crippen molar-refractivity contribution in [3.63, 3.8) is 0 Å². The molecule has 1 aliphatic carbocycles. The number of hydrogen-bond acceptors (Lipinski definition) is 4. The molecular formula is C12H17NO4S. The number of furan rings is 1. The Bertz CT molecular complexity index is 514. The van der Waals surface area contributed by atoms with Gasteiger partial charge in [0.15, 0.2) is 12.0 Å². The first-order valence-electron chi connectivity index (χ1n) is 6.16. The van der Waals surface area contributed by atoms with Crippen LogP contribution in [0.2, 0.25) is 0 Å². The maximum atomic E-state index is 12.4. The fraction of sp³-hybridized carbons (Fsp3) is 0.583. The zero-order valence-corrected chi connectivity index (χ0v) is 11.1. The molecule has 0 atom stereocenters. The van der Waals surface area contributed by atoms with Crippen molar-refractivity contribution in [3.8, 4) is 0 Å². The van der Waals surface area contributed by atoms with Crippen LogP contribution in [0.4, 0.5) is 0 Å². The van der Waals surface area contributed by atoms with Crippen molar-refractivity contribution in [2.24, 2.45) is 0 Å². The van der Waals surface area contributed by atoms with Crippen molar-refractivity contribution in [1.82, 2.24) is 4.31 Å². The summed E-state index contributed by atoms with van der Waals surface area (Å²) < 4.78 is 31.3. The molecule has 0 amide bonds. The highest BCUT2D eigenvalue weighted by Gasteiger charge is 2.33. The first-order chi connectivity index (χ1) is 8.59. The minimum Gasteiger partial charge on any atom is -0.440 e. The Morgan fingerprint density at radius 2 is 2.06 bits per heavy atom. The molecule has 0 N–H and O–H groups in total. The number of sulfonamides is 1. The van der Waals surface area contributed by atoms with Gasteiger partial charge >= 0.3 is 0 Å². The molecule has 1 aromatic heterocycles. The molecule has 18 heavy (non-hydrogen) atoms. The van der Waals surface area contributed by atoms with Gasteiger partial charge in [0.25, 0.3) is 10.0 Å². The molecule has 1 saturated carbocycles. The van der Waals surface area contributed by atoms with E-state index in [1.54, 1.807) is 0 Å². The normalized spacial score (nSPS) is 17.4. The van der Waals surface area contributed by atoms with E-state index in [-0.39, 0.29) is 16.9 Å². The Morgan fingerprint density at radius 1 is 1.39 bits per heavy atom. The Morgan fingerprint density at radius 3 is 2.56 bits per heavy atom. The number of nitrogens with zero attached hydrogens (tertiary/aromatic N) is 1. The highest BCUT2D eigenvalue weighted by molar-refractivity contribution is 7.89. The minimum absolute atomic E-state index is 0.0380. The fourth-order valence-electron chi connectivity index (χ4n) is 2.47. The van der Waals surface area contributed by atoms with E-state index in [0.29, 0.717) is 12.8 Å². The number of aldehydes is 1. The lowest BCUT2D eigenvalue weighted by molar-refractivity contribution is 0.109. The third-order valence-electron chi connectivity index (χ3n) is 3.32. The topological polar surface area (TPSA) is 67.6 Å². The van der Waals surface area contributed by atoms with Gasteiger partial charge in [-0.25, -0.2) is 8.42 Å². The molecule has 1 heterocycles. The zero-order valence-electron chi connectivity index (χ0n) is 10.3. The van der Waals surface area contributed by atoms with Crippen LogP contribution in [-0.2, 0) is 10.0 Å². The number of carbonyl (C=O) groups excluding carboxylic acids is 1. The second-order valence-corrected chi connectivity index (χ2v) is 6.24. The van der Waals surface area contributed by atoms with Crippen LogP contribution < -0.4 is 0 Å². The third kappa shape index (κ3) is 2.35. The molecule has 100 valence electrons. The van der Waals surface area contributed by atoms with Gasteiger partial charge in [0.05, 0.1) is 0 Å². The second-order valence-electron chi connectivity index (χ2n) is 4.42. The molecule has 2 rings (SSSR count). The van der Waals surface area contributed by atoms with E-state index in [1.807, 2.05) is 6.92 Å². The van der Waals surface area contributed by atoms with Crippen LogP contribution >= 0.6 is 0 Å². The predicted octanol–water partition coefficient (Wildman–Crippen LogP) is 2.05. The molecule has 1 aromatic rings. The monoisotopic (exact) mass is 271 g/mol. The van der Waals surface area contributed by atoms with Gasteiger partial charge in [-0.15, -0.1) is 0 Å². The predicted molar refractivity (Wildman–Crippen MR) is 65.9 cm³/mol. The zero-order chi connectivity index (χ0) is 13.2. The summed E-state index contributed by atoms with van der Waals surface area (Å²) in [4.78, 5) is 10.5. The Kier molecular flexibility index (Phi) is 3.87. The van der Waals surface area contributed by atoms with Crippen LogP contribution in [0.3, 0.4) is 0 Å². The Hall–Kier alpha value is -1.14. The third-order valence-corrected chi connectivity index (χ3v) is 5.23. The summed E-state index contributed by atoms with van der Waals surface area (Å²) in [6.07, 6.45) is 4.43. The summed E-state index contributed by atoms with van der Waals surface area (Å²) in [5.41, 5.74) is 0. The van der Waals surface area contributed by atoms with E-state index < -0.39 is 10.0 Å². The quantitative estimate of drug-likeness (QED) is 0.769. The standard InChI is InChI=1S/C12H17NO4S/c1-2-13(10-5-3-4-6-10)18(15,16)12-8-7-11(9-14)17-12/h7-10H,2-6H2,1H3. The van der Waals surface area contributed by atoms with Crippen LogP contribution in [0.15, 0.2) is 21.6 Å². The highest BCUT2D eigenvalue weighted by Crippen LogP contribution is 2.28. The van der Waals surface area contributed by atoms with E-state index in [0.717, 1.165) is 25.7 Å². The van der Waals surface area contributed by atoms with Crippen molar-refractivity contribution in [3.05, 3.63) is 17.9 Å². The first kappa shape index (κ1) is 13.3. The van der Waals surface area contributed by atoms with E-state index >= 15 is 0 Å². The molecule has 5 nitrogen and oxygen atoms in total. The van der Waals surface area contributed by atoms with Crippen LogP contribution in [0.1, 0.15) is 43.2 Å². The summed E-state index contributed by atoms with van der Waals surface area (Å²) >= 11 is 0. The van der Waals surface area contributed by atoms with Crippen molar-refractivity contribution in [2.75, 3.05) is 6.54 Å². The van der Waals surface area contributed by atoms with E-state index in [9.17, 15) is 13.2 Å². The molecule has 1 aliphatic rings. The number of rotatable bonds is 5. The van der Waals surface area contributed by atoms with E-state index in [1.165, 1.54) is 16.4 Å². The molecular weight excluding hydrogens is 254 g/mol. The Balaban J connectivity index is 2.30. The second kappa shape index (κ2) is 5.24. The van der Waals surface area contributed by atoms with Crippen molar-refractivity contribution in [2.45, 2.75) is 43.7 Å². The lowest BCUT2D eigenvalue weighted by Crippen LogP contribution is -2.38. The van der Waals surface area contributed by atoms with Crippen molar-refractivity contribution >= 4 is 16.3 Å². The Labute approximate surface area is 107 Å². The summed E-state index contributed by atoms with van der Waals surface area (Å²) in [5, 5.41) is -0.140. The lowest BCUT2D eigenvalue weighted by Gasteiger charge is -2.25. The van der Waals surface area contributed by atoms with Gasteiger partial charge in [-0.3, -0.25) is 4.79 Å². The smallest absolute Gasteiger partial charge is 0.276 e. The number of carbonyl (C=O) groups is 1. The molecule has 0 spiro atoms. The molecule has 0 unspecified atom stereocenters. The van der Waals surface area contributed by atoms with Gasteiger partial charge in [-0.1, -0.05) is 19.8 Å². The van der Waals surface area contributed by atoms with E-state index in [4.69, 9.17) is 4.42 Å². The van der Waals surface area contributed by atoms with Gasteiger partial charge in [0.2, 0.25) is 5.09 Å². The van der Waals surface area contributed by atoms with Crippen LogP contribution in [-0.4, -0.2) is 31.6 Å². The highest BCUT2D eigenvalue weighted by atomic mass is 32.2. The van der Waals surface area contributed by atoms with Gasteiger partial charge in [-0.05, 0) is 25.0 Å². The maximum Gasteiger partial charge on any atom is 0.276 e. The van der Waals surface area contributed by atoms with Crippen molar-refractivity contribution in [1.29, 1.82) is 0 Å². The van der Waals surface area contributed by atoms with Gasteiger partial charge < -0.3 is 4.42 Å². The van der Waals surface area contributed by atoms with Crippen LogP contribution in [0.5, 0.6) is 0 Å². The minimum atomic E-state index is -3.62. The molecule has 0 aliphatic heterocycles. The molecule has 1 fully saturated rings. The lowest BCUT2D eigenvalue weighted by atomic mass is 10.2.